The van der Waals surface area contributed by atoms with E-state index in [9.17, 15) is 22.8 Å². The third-order valence-corrected chi connectivity index (χ3v) is 4.09. The molecule has 8 heteroatoms. The number of hydrogen-bond acceptors (Lipinski definition) is 3. The second-order valence-corrected chi connectivity index (χ2v) is 6.30. The van der Waals surface area contributed by atoms with Gasteiger partial charge < -0.3 is 10.6 Å². The minimum Gasteiger partial charge on any atom is -0.353 e. The number of nitrogens with zero attached hydrogens (tertiary/aromatic N) is 1. The van der Waals surface area contributed by atoms with Gasteiger partial charge in [0.1, 0.15) is 0 Å². The molecule has 2 amide bonds. The van der Waals surface area contributed by atoms with Gasteiger partial charge in [0.05, 0.1) is 18.0 Å². The lowest BCUT2D eigenvalue weighted by Crippen LogP contribution is -2.55. The van der Waals surface area contributed by atoms with Crippen LogP contribution >= 0.6 is 0 Å². The highest BCUT2D eigenvalue weighted by atomic mass is 19.4. The first-order chi connectivity index (χ1) is 11.3. The van der Waals surface area contributed by atoms with Crippen LogP contribution in [0.15, 0.2) is 24.3 Å². The Bertz CT molecular complexity index is 638. The lowest BCUT2D eigenvalue weighted by molar-refractivity contribution is -0.137. The summed E-state index contributed by atoms with van der Waals surface area (Å²) >= 11 is 0. The zero-order valence-corrected chi connectivity index (χ0v) is 12.9. The molecule has 1 aliphatic carbocycles. The summed E-state index contributed by atoms with van der Waals surface area (Å²) in [7, 11) is 0. The van der Waals surface area contributed by atoms with E-state index in [0.717, 1.165) is 25.0 Å². The van der Waals surface area contributed by atoms with Gasteiger partial charge in [-0.15, -0.1) is 0 Å². The highest BCUT2D eigenvalue weighted by Gasteiger charge is 2.36. The van der Waals surface area contributed by atoms with Gasteiger partial charge in [-0.25, -0.2) is 0 Å². The first kappa shape index (κ1) is 16.8. The summed E-state index contributed by atoms with van der Waals surface area (Å²) in [6, 6.07) is 4.83. The van der Waals surface area contributed by atoms with E-state index in [4.69, 9.17) is 0 Å². The van der Waals surface area contributed by atoms with Crippen molar-refractivity contribution in [3.05, 3.63) is 29.8 Å². The molecule has 5 nitrogen and oxygen atoms in total. The van der Waals surface area contributed by atoms with Crippen LogP contribution in [0.2, 0.25) is 0 Å². The summed E-state index contributed by atoms with van der Waals surface area (Å²) in [5.41, 5.74) is -0.695. The van der Waals surface area contributed by atoms with Gasteiger partial charge in [0, 0.05) is 24.8 Å². The molecule has 1 aliphatic heterocycles. The fourth-order valence-corrected chi connectivity index (χ4v) is 2.59. The van der Waals surface area contributed by atoms with Gasteiger partial charge in [0.25, 0.3) is 0 Å². The van der Waals surface area contributed by atoms with Gasteiger partial charge in [0.2, 0.25) is 11.8 Å². The highest BCUT2D eigenvalue weighted by Crippen LogP contribution is 2.30. The number of amides is 2. The Kier molecular flexibility index (Phi) is 4.49. The maximum absolute atomic E-state index is 12.6. The van der Waals surface area contributed by atoms with Crippen LogP contribution in [0, 0.1) is 5.92 Å². The maximum atomic E-state index is 12.6. The predicted molar refractivity (Wildman–Crippen MR) is 81.2 cm³/mol. The molecule has 0 spiro atoms. The lowest BCUT2D eigenvalue weighted by atomic mass is 9.99. The summed E-state index contributed by atoms with van der Waals surface area (Å²) in [6.45, 7) is 1.05. The number of halogens is 3. The van der Waals surface area contributed by atoms with Crippen molar-refractivity contribution in [2.45, 2.75) is 25.1 Å². The standard InChI is InChI=1S/C16H18F3N3O2/c17-16(18,19)11-2-1-3-13(6-11)20-14(23)9-22-7-10(8-22)15(24)21-12-4-5-12/h1-3,6,10,12H,4-5,7-9H2,(H,20,23)(H,21,24). The van der Waals surface area contributed by atoms with E-state index in [0.29, 0.717) is 19.1 Å². The van der Waals surface area contributed by atoms with Crippen LogP contribution in [0.1, 0.15) is 18.4 Å². The van der Waals surface area contributed by atoms with Crippen LogP contribution in [0.3, 0.4) is 0 Å². The summed E-state index contributed by atoms with van der Waals surface area (Å²) in [5, 5.41) is 5.38. The molecule has 0 atom stereocenters. The second-order valence-electron chi connectivity index (χ2n) is 6.30. The van der Waals surface area contributed by atoms with Crippen LogP contribution in [-0.4, -0.2) is 42.4 Å². The van der Waals surface area contributed by atoms with Crippen LogP contribution in [0.5, 0.6) is 0 Å². The van der Waals surface area contributed by atoms with Crippen LogP contribution < -0.4 is 10.6 Å². The lowest BCUT2D eigenvalue weighted by Gasteiger charge is -2.37. The number of alkyl halides is 3. The Morgan fingerprint density at radius 2 is 1.92 bits per heavy atom. The number of carbonyl (C=O) groups is 2. The topological polar surface area (TPSA) is 61.4 Å². The van der Waals surface area contributed by atoms with Gasteiger partial charge in [-0.1, -0.05) is 6.07 Å². The van der Waals surface area contributed by atoms with Crippen LogP contribution in [0.25, 0.3) is 0 Å². The Morgan fingerprint density at radius 3 is 2.54 bits per heavy atom. The summed E-state index contributed by atoms with van der Waals surface area (Å²) in [4.78, 5) is 25.5. The molecule has 0 unspecified atom stereocenters. The molecule has 3 rings (SSSR count). The van der Waals surface area contributed by atoms with Gasteiger partial charge in [-0.05, 0) is 31.0 Å². The zero-order chi connectivity index (χ0) is 17.3. The molecule has 24 heavy (non-hydrogen) atoms. The number of anilines is 1. The molecule has 130 valence electrons. The molecule has 1 saturated carbocycles. The number of carbonyl (C=O) groups excluding carboxylic acids is 2. The van der Waals surface area contributed by atoms with Gasteiger partial charge in [-0.2, -0.15) is 13.2 Å². The van der Waals surface area contributed by atoms with Crippen molar-refractivity contribution in [2.24, 2.45) is 5.92 Å². The van der Waals surface area contributed by atoms with Crippen LogP contribution in [-0.2, 0) is 15.8 Å². The van der Waals surface area contributed by atoms with Crippen molar-refractivity contribution in [3.63, 3.8) is 0 Å². The van der Waals surface area contributed by atoms with E-state index in [1.165, 1.54) is 12.1 Å². The average Bonchev–Trinajstić information content (AvgIpc) is 3.25. The average molecular weight is 341 g/mol. The molecule has 2 N–H and O–H groups in total. The van der Waals surface area contributed by atoms with Crippen molar-refractivity contribution < 1.29 is 22.8 Å². The number of nitrogens with one attached hydrogen (secondary N) is 2. The minimum atomic E-state index is -4.44. The molecular weight excluding hydrogens is 323 g/mol. The third kappa shape index (κ3) is 4.25. The normalized spacial score (nSPS) is 18.8. The third-order valence-electron chi connectivity index (χ3n) is 4.09. The Balaban J connectivity index is 1.44. The molecule has 1 aromatic carbocycles. The first-order valence-corrected chi connectivity index (χ1v) is 7.81. The van der Waals surface area contributed by atoms with E-state index in [1.54, 1.807) is 4.90 Å². The first-order valence-electron chi connectivity index (χ1n) is 7.81. The summed E-state index contributed by atoms with van der Waals surface area (Å²) < 4.78 is 37.9. The van der Waals surface area contributed by atoms with Crippen molar-refractivity contribution in [1.82, 2.24) is 10.2 Å². The molecule has 1 heterocycles. The van der Waals surface area contributed by atoms with Gasteiger partial charge in [-0.3, -0.25) is 14.5 Å². The Hall–Kier alpha value is -2.09. The predicted octanol–water partition coefficient (Wildman–Crippen LogP) is 1.85. The number of rotatable bonds is 5. The molecule has 0 bridgehead atoms. The fraction of sp³-hybridized carbons (Fsp3) is 0.500. The summed E-state index contributed by atoms with van der Waals surface area (Å²) in [5.74, 6) is -0.477. The van der Waals surface area contributed by atoms with Crippen molar-refractivity contribution in [2.75, 3.05) is 25.0 Å². The highest BCUT2D eigenvalue weighted by molar-refractivity contribution is 5.92. The molecule has 2 aliphatic rings. The van der Waals surface area contributed by atoms with Gasteiger partial charge >= 0.3 is 6.18 Å². The van der Waals surface area contributed by atoms with E-state index in [2.05, 4.69) is 10.6 Å². The molecule has 0 aromatic heterocycles. The van der Waals surface area contributed by atoms with Crippen molar-refractivity contribution >= 4 is 17.5 Å². The quantitative estimate of drug-likeness (QED) is 0.859. The Morgan fingerprint density at radius 1 is 1.21 bits per heavy atom. The smallest absolute Gasteiger partial charge is 0.353 e. The monoisotopic (exact) mass is 341 g/mol. The van der Waals surface area contributed by atoms with Crippen LogP contribution in [0.4, 0.5) is 18.9 Å². The molecule has 2 fully saturated rings. The number of hydrogen-bond donors (Lipinski definition) is 2. The number of likely N-dealkylation sites (tertiary alicyclic amines) is 1. The Labute approximate surface area is 137 Å². The number of benzene rings is 1. The van der Waals surface area contributed by atoms with Crippen molar-refractivity contribution in [1.29, 1.82) is 0 Å². The summed E-state index contributed by atoms with van der Waals surface area (Å²) in [6.07, 6.45) is -2.39. The van der Waals surface area contributed by atoms with Crippen molar-refractivity contribution in [3.8, 4) is 0 Å². The van der Waals surface area contributed by atoms with Gasteiger partial charge in [0.15, 0.2) is 0 Å². The molecule has 1 aromatic rings. The molecule has 0 radical (unpaired) electrons. The molecular formula is C16H18F3N3O2. The fourth-order valence-electron chi connectivity index (χ4n) is 2.59. The van der Waals surface area contributed by atoms with E-state index < -0.39 is 17.6 Å². The zero-order valence-electron chi connectivity index (χ0n) is 12.9. The van der Waals surface area contributed by atoms with E-state index >= 15 is 0 Å². The molecule has 1 saturated heterocycles. The second kappa shape index (κ2) is 6.43. The van der Waals surface area contributed by atoms with E-state index in [-0.39, 0.29) is 24.1 Å². The maximum Gasteiger partial charge on any atom is 0.416 e. The SMILES string of the molecule is O=C(CN1CC(C(=O)NC2CC2)C1)Nc1cccc(C(F)(F)F)c1. The van der Waals surface area contributed by atoms with E-state index in [1.807, 2.05) is 0 Å². The minimum absolute atomic E-state index is 0.0204. The largest absolute Gasteiger partial charge is 0.416 e.